The lowest BCUT2D eigenvalue weighted by molar-refractivity contribution is -0.117. The number of oxazole rings is 1. The third kappa shape index (κ3) is 4.39. The van der Waals surface area contributed by atoms with Gasteiger partial charge in [-0.15, -0.1) is 11.3 Å². The average molecular weight is 477 g/mol. The van der Waals surface area contributed by atoms with Gasteiger partial charge in [-0.1, -0.05) is 29.5 Å². The summed E-state index contributed by atoms with van der Waals surface area (Å²) in [7, 11) is 0. The first-order valence-corrected chi connectivity index (χ1v) is 11.3. The van der Waals surface area contributed by atoms with Crippen LogP contribution in [-0.4, -0.2) is 27.9 Å². The minimum atomic E-state index is -0.669. The van der Waals surface area contributed by atoms with E-state index in [4.69, 9.17) is 21.0 Å². The summed E-state index contributed by atoms with van der Waals surface area (Å²) < 4.78 is 5.74. The van der Waals surface area contributed by atoms with Gasteiger partial charge in [0.2, 0.25) is 5.96 Å². The van der Waals surface area contributed by atoms with Crippen molar-refractivity contribution >= 4 is 51.9 Å². The number of aliphatic imine (C=N–C) groups is 1. The van der Waals surface area contributed by atoms with Crippen LogP contribution < -0.4 is 16.0 Å². The highest BCUT2D eigenvalue weighted by Crippen LogP contribution is 2.30. The summed E-state index contributed by atoms with van der Waals surface area (Å²) in [5.74, 6) is 0.124. The van der Waals surface area contributed by atoms with Gasteiger partial charge in [-0.3, -0.25) is 15.1 Å². The lowest BCUT2D eigenvalue weighted by atomic mass is 9.94. The molecule has 10 heteroatoms. The number of hydrogen-bond acceptors (Lipinski definition) is 8. The monoisotopic (exact) mass is 476 g/mol. The number of benzene rings is 1. The molecule has 0 saturated heterocycles. The number of nitrogens with zero attached hydrogens (tertiary/aromatic N) is 3. The van der Waals surface area contributed by atoms with Crippen LogP contribution in [0.1, 0.15) is 11.8 Å². The predicted molar refractivity (Wildman–Crippen MR) is 128 cm³/mol. The minimum absolute atomic E-state index is 0.257. The summed E-state index contributed by atoms with van der Waals surface area (Å²) in [6, 6.07) is 7.06. The van der Waals surface area contributed by atoms with E-state index in [9.17, 15) is 4.79 Å². The standard InChI is InChI=1S/C23H17ClN6O2S/c1-13-19(21(31)26-11-14-10-25-12-33-14)20(15-6-2-3-7-16(15)24)29-22(27-13)30-23-28-17-8-4-5-9-18(17)32-23/h2,4-6,8-10,12,20H,11H2,1H3,(H,26,31)(H2,27,28,29,30). The van der Waals surface area contributed by atoms with Gasteiger partial charge in [0.05, 0.1) is 22.7 Å². The van der Waals surface area contributed by atoms with E-state index in [0.717, 1.165) is 10.4 Å². The zero-order valence-corrected chi connectivity index (χ0v) is 18.9. The van der Waals surface area contributed by atoms with E-state index >= 15 is 0 Å². The Labute approximate surface area is 197 Å². The molecule has 1 amide bonds. The number of nitrogens with one attached hydrogen (secondary N) is 3. The molecule has 0 bridgehead atoms. The summed E-state index contributed by atoms with van der Waals surface area (Å²) in [4.78, 5) is 27.3. The van der Waals surface area contributed by atoms with Gasteiger partial charge < -0.3 is 15.1 Å². The fraction of sp³-hybridized carbons (Fsp3) is 0.130. The molecule has 164 valence electrons. The Kier molecular flexibility index (Phi) is 5.69. The van der Waals surface area contributed by atoms with Crippen LogP contribution in [0, 0.1) is 0 Å². The zero-order valence-electron chi connectivity index (χ0n) is 17.3. The van der Waals surface area contributed by atoms with Crippen molar-refractivity contribution in [2.75, 3.05) is 5.32 Å². The molecule has 5 rings (SSSR count). The van der Waals surface area contributed by atoms with Crippen LogP contribution in [0.3, 0.4) is 0 Å². The van der Waals surface area contributed by atoms with Gasteiger partial charge in [-0.2, -0.15) is 4.98 Å². The van der Waals surface area contributed by atoms with Crippen molar-refractivity contribution in [1.29, 1.82) is 0 Å². The molecule has 0 fully saturated rings. The molecule has 0 saturated carbocycles. The number of hydrogen-bond donors (Lipinski definition) is 3. The van der Waals surface area contributed by atoms with Crippen LogP contribution in [0.15, 0.2) is 90.9 Å². The summed E-state index contributed by atoms with van der Waals surface area (Å²) in [5, 5.41) is 9.48. The number of guanidine groups is 1. The summed E-state index contributed by atoms with van der Waals surface area (Å²) >= 11 is 7.88. The molecule has 33 heavy (non-hydrogen) atoms. The number of rotatable bonds is 5. The number of carbonyl (C=O) groups is 1. The Bertz CT molecular complexity index is 1400. The molecule has 1 atom stereocenters. The van der Waals surface area contributed by atoms with Gasteiger partial charge in [0.1, 0.15) is 11.6 Å². The van der Waals surface area contributed by atoms with Gasteiger partial charge in [0, 0.05) is 22.3 Å². The number of amides is 1. The van der Waals surface area contributed by atoms with E-state index in [1.165, 1.54) is 11.3 Å². The number of halogens is 1. The number of thiazole rings is 1. The maximum absolute atomic E-state index is 13.2. The molecule has 2 aromatic heterocycles. The molecule has 3 heterocycles. The number of carbonyl (C=O) groups excluding carboxylic acids is 1. The van der Waals surface area contributed by atoms with Gasteiger partial charge in [0.15, 0.2) is 5.58 Å². The maximum atomic E-state index is 13.2. The van der Waals surface area contributed by atoms with Crippen molar-refractivity contribution in [1.82, 2.24) is 20.6 Å². The molecule has 2 aliphatic rings. The van der Waals surface area contributed by atoms with Crippen LogP contribution >= 0.6 is 22.9 Å². The topological polar surface area (TPSA) is 104 Å². The smallest absolute Gasteiger partial charge is 0.302 e. The third-order valence-electron chi connectivity index (χ3n) is 4.99. The Hall–Kier alpha value is -3.87. The first-order chi connectivity index (χ1) is 16.1. The first kappa shape index (κ1) is 21.0. The van der Waals surface area contributed by atoms with Crippen molar-refractivity contribution in [2.45, 2.75) is 19.5 Å². The number of fused-ring (bicyclic) bond motifs is 1. The second-order valence-corrected chi connectivity index (χ2v) is 8.53. The predicted octanol–water partition coefficient (Wildman–Crippen LogP) is 3.99. The average Bonchev–Trinajstić information content (AvgIpc) is 3.47. The van der Waals surface area contributed by atoms with E-state index in [-0.39, 0.29) is 11.9 Å². The van der Waals surface area contributed by atoms with Crippen LogP contribution in [0.2, 0.25) is 0 Å². The fourth-order valence-corrected chi connectivity index (χ4v) is 4.23. The second kappa shape index (κ2) is 8.94. The molecule has 1 aliphatic carbocycles. The highest BCUT2D eigenvalue weighted by Gasteiger charge is 2.32. The first-order valence-electron chi connectivity index (χ1n) is 10.00. The van der Waals surface area contributed by atoms with Crippen LogP contribution in [0.4, 0.5) is 6.01 Å². The number of anilines is 1. The number of allylic oxidation sites excluding steroid dienone is 3. The van der Waals surface area contributed by atoms with E-state index in [1.54, 1.807) is 23.9 Å². The van der Waals surface area contributed by atoms with Gasteiger partial charge >= 0.3 is 6.01 Å². The Balaban J connectivity index is 1.44. The normalized spacial score (nSPS) is 17.4. The molecule has 1 aromatic carbocycles. The van der Waals surface area contributed by atoms with Crippen LogP contribution in [0.25, 0.3) is 11.1 Å². The third-order valence-corrected chi connectivity index (χ3v) is 6.08. The van der Waals surface area contributed by atoms with Crippen molar-refractivity contribution < 1.29 is 9.21 Å². The lowest BCUT2D eigenvalue weighted by Gasteiger charge is -2.27. The summed E-state index contributed by atoms with van der Waals surface area (Å²) in [5.41, 5.74) is 10.5. The maximum Gasteiger partial charge on any atom is 0.302 e. The van der Waals surface area contributed by atoms with Crippen molar-refractivity contribution in [2.24, 2.45) is 4.99 Å². The Morgan fingerprint density at radius 2 is 2.24 bits per heavy atom. The number of aromatic nitrogens is 2. The lowest BCUT2D eigenvalue weighted by Crippen LogP contribution is -2.42. The fourth-order valence-electron chi connectivity index (χ4n) is 3.47. The van der Waals surface area contributed by atoms with Gasteiger partial charge in [0.25, 0.3) is 5.91 Å². The highest BCUT2D eigenvalue weighted by atomic mass is 35.5. The molecule has 3 aromatic rings. The SMILES string of the molecule is CC1=C(C(=O)NCc2cncs2)C(C2=CC=C=C=C2Cl)N=C(Nc2nc3ccccc3o2)N1. The molecular weight excluding hydrogens is 460 g/mol. The van der Waals surface area contributed by atoms with E-state index < -0.39 is 6.04 Å². The molecular formula is C23H17ClN6O2S. The Morgan fingerprint density at radius 3 is 3.03 bits per heavy atom. The van der Waals surface area contributed by atoms with Crippen LogP contribution in [0.5, 0.6) is 0 Å². The highest BCUT2D eigenvalue weighted by molar-refractivity contribution is 7.09. The largest absolute Gasteiger partial charge is 0.423 e. The van der Waals surface area contributed by atoms with Gasteiger partial charge in [-0.05, 0) is 36.9 Å². The van der Waals surface area contributed by atoms with E-state index in [1.807, 2.05) is 31.2 Å². The summed E-state index contributed by atoms with van der Waals surface area (Å²) in [6.07, 6.45) is 5.19. The number of para-hydroxylation sites is 2. The van der Waals surface area contributed by atoms with E-state index in [2.05, 4.69) is 37.4 Å². The molecule has 8 nitrogen and oxygen atoms in total. The van der Waals surface area contributed by atoms with E-state index in [0.29, 0.717) is 40.0 Å². The van der Waals surface area contributed by atoms with Gasteiger partial charge in [-0.25, -0.2) is 4.99 Å². The van der Waals surface area contributed by atoms with Crippen molar-refractivity contribution in [3.63, 3.8) is 0 Å². The molecule has 3 N–H and O–H groups in total. The second-order valence-electron chi connectivity index (χ2n) is 7.18. The van der Waals surface area contributed by atoms with Crippen LogP contribution in [-0.2, 0) is 11.3 Å². The summed E-state index contributed by atoms with van der Waals surface area (Å²) in [6.45, 7) is 2.18. The Morgan fingerprint density at radius 1 is 1.36 bits per heavy atom. The molecule has 1 unspecified atom stereocenters. The molecule has 1 aliphatic heterocycles. The van der Waals surface area contributed by atoms with Crippen molar-refractivity contribution in [3.05, 3.63) is 86.3 Å². The molecule has 0 radical (unpaired) electrons. The van der Waals surface area contributed by atoms with Crippen molar-refractivity contribution in [3.8, 4) is 0 Å². The zero-order chi connectivity index (χ0) is 22.8. The minimum Gasteiger partial charge on any atom is -0.423 e. The quantitative estimate of drug-likeness (QED) is 0.481. The molecule has 0 spiro atoms.